The van der Waals surface area contributed by atoms with Crippen LogP contribution in [0.1, 0.15) is 44.5 Å². The molecule has 1 aliphatic heterocycles. The zero-order valence-corrected chi connectivity index (χ0v) is 18.5. The largest absolute Gasteiger partial charge is 0.484 e. The van der Waals surface area contributed by atoms with Crippen LogP contribution in [0, 0.1) is 11.6 Å². The van der Waals surface area contributed by atoms with E-state index in [1.165, 1.54) is 11.8 Å². The minimum absolute atomic E-state index is 0.0167. The molecule has 0 radical (unpaired) electrons. The predicted octanol–water partition coefficient (Wildman–Crippen LogP) is 4.31. The highest BCUT2D eigenvalue weighted by atomic mass is 35.5. The van der Waals surface area contributed by atoms with Gasteiger partial charge in [-0.25, -0.2) is 18.4 Å². The van der Waals surface area contributed by atoms with Crippen molar-refractivity contribution in [2.75, 3.05) is 19.7 Å². The number of carbonyl (C=O) groups is 3. The first kappa shape index (κ1) is 24.6. The molecule has 1 aromatic carbocycles. The standard InChI is InChI=1S/C21H24ClF2NO6/c1-6-29-19(27)11(2)17(26)13-9-14(23)18(15(22)16(13)24)30-12-7-8-25(10-12)20(28)31-21(3,4)5/h9,12H,2,6-8,10H2,1,3-5H3. The number of carbonyl (C=O) groups excluding carboxylic acids is 3. The Morgan fingerprint density at radius 3 is 2.52 bits per heavy atom. The Hall–Kier alpha value is -2.68. The maximum absolute atomic E-state index is 14.7. The van der Waals surface area contributed by atoms with E-state index < -0.39 is 63.1 Å². The van der Waals surface area contributed by atoms with E-state index in [-0.39, 0.29) is 13.2 Å². The van der Waals surface area contributed by atoms with E-state index in [1.807, 2.05) is 0 Å². The Morgan fingerprint density at radius 2 is 1.94 bits per heavy atom. The van der Waals surface area contributed by atoms with Crippen LogP contribution in [0.4, 0.5) is 13.6 Å². The number of amides is 1. The summed E-state index contributed by atoms with van der Waals surface area (Å²) in [6.07, 6.45) is -0.860. The topological polar surface area (TPSA) is 82.1 Å². The van der Waals surface area contributed by atoms with Crippen molar-refractivity contribution in [2.45, 2.75) is 45.8 Å². The molecule has 1 saturated heterocycles. The van der Waals surface area contributed by atoms with Crippen LogP contribution in [0.15, 0.2) is 18.2 Å². The van der Waals surface area contributed by atoms with Gasteiger partial charge in [-0.1, -0.05) is 18.2 Å². The second-order valence-electron chi connectivity index (χ2n) is 7.85. The number of halogens is 3. The molecule has 1 aromatic rings. The highest BCUT2D eigenvalue weighted by molar-refractivity contribution is 6.33. The first-order valence-corrected chi connectivity index (χ1v) is 9.96. The quantitative estimate of drug-likeness (QED) is 0.157. The van der Waals surface area contributed by atoms with E-state index in [9.17, 15) is 23.2 Å². The lowest BCUT2D eigenvalue weighted by Crippen LogP contribution is -2.36. The molecule has 7 nitrogen and oxygen atoms in total. The molecule has 0 aromatic heterocycles. The Morgan fingerprint density at radius 1 is 1.29 bits per heavy atom. The van der Waals surface area contributed by atoms with Crippen molar-refractivity contribution >= 4 is 29.4 Å². The van der Waals surface area contributed by atoms with E-state index in [1.54, 1.807) is 20.8 Å². The molecule has 1 aliphatic rings. The van der Waals surface area contributed by atoms with Gasteiger partial charge in [-0.05, 0) is 33.8 Å². The van der Waals surface area contributed by atoms with Crippen LogP contribution in [0.25, 0.3) is 0 Å². The summed E-state index contributed by atoms with van der Waals surface area (Å²) in [6.45, 7) is 10.4. The first-order chi connectivity index (χ1) is 14.4. The number of likely N-dealkylation sites (tertiary alicyclic amines) is 1. The van der Waals surface area contributed by atoms with Crippen LogP contribution in [-0.2, 0) is 14.3 Å². The third kappa shape index (κ3) is 5.94. The average Bonchev–Trinajstić information content (AvgIpc) is 3.14. The zero-order chi connectivity index (χ0) is 23.5. The number of ketones is 1. The van der Waals surface area contributed by atoms with Crippen LogP contribution in [0.2, 0.25) is 5.02 Å². The monoisotopic (exact) mass is 459 g/mol. The van der Waals surface area contributed by atoms with Gasteiger partial charge < -0.3 is 19.1 Å². The molecule has 10 heteroatoms. The minimum Gasteiger partial charge on any atom is -0.484 e. The molecule has 0 saturated carbocycles. The van der Waals surface area contributed by atoms with E-state index >= 15 is 0 Å². The van der Waals surface area contributed by atoms with Crippen molar-refractivity contribution in [3.05, 3.63) is 40.4 Å². The molecule has 0 aliphatic carbocycles. The molecule has 2 rings (SSSR count). The van der Waals surface area contributed by atoms with E-state index in [0.29, 0.717) is 19.0 Å². The molecule has 1 unspecified atom stereocenters. The maximum Gasteiger partial charge on any atom is 0.410 e. The van der Waals surface area contributed by atoms with Crippen molar-refractivity contribution in [1.29, 1.82) is 0 Å². The molecule has 170 valence electrons. The van der Waals surface area contributed by atoms with Crippen LogP contribution in [0.5, 0.6) is 5.75 Å². The number of esters is 1. The van der Waals surface area contributed by atoms with Gasteiger partial charge >= 0.3 is 12.1 Å². The van der Waals surface area contributed by atoms with Crippen molar-refractivity contribution in [2.24, 2.45) is 0 Å². The lowest BCUT2D eigenvalue weighted by molar-refractivity contribution is -0.138. The van der Waals surface area contributed by atoms with Crippen LogP contribution in [0.3, 0.4) is 0 Å². The summed E-state index contributed by atoms with van der Waals surface area (Å²) < 4.78 is 44.7. The summed E-state index contributed by atoms with van der Waals surface area (Å²) in [5, 5.41) is -0.754. The summed E-state index contributed by atoms with van der Waals surface area (Å²) in [7, 11) is 0. The van der Waals surface area contributed by atoms with Gasteiger partial charge in [-0.2, -0.15) is 0 Å². The lowest BCUT2D eigenvalue weighted by Gasteiger charge is -2.24. The molecular formula is C21H24ClF2NO6. The lowest BCUT2D eigenvalue weighted by atomic mass is 10.0. The van der Waals surface area contributed by atoms with E-state index in [4.69, 9.17) is 21.1 Å². The van der Waals surface area contributed by atoms with Gasteiger partial charge in [0.05, 0.1) is 18.7 Å². The number of hydrogen-bond donors (Lipinski definition) is 0. The zero-order valence-electron chi connectivity index (χ0n) is 17.7. The number of nitrogens with zero attached hydrogens (tertiary/aromatic N) is 1. The first-order valence-electron chi connectivity index (χ1n) is 9.58. The van der Waals surface area contributed by atoms with Gasteiger partial charge in [0.25, 0.3) is 0 Å². The van der Waals surface area contributed by atoms with Crippen molar-refractivity contribution < 1.29 is 37.4 Å². The third-order valence-corrected chi connectivity index (χ3v) is 4.58. The minimum atomic E-state index is -1.25. The Labute approximate surface area is 183 Å². The summed E-state index contributed by atoms with van der Waals surface area (Å²) in [6, 6.07) is 0.587. The highest BCUT2D eigenvalue weighted by Gasteiger charge is 2.33. The molecule has 0 bridgehead atoms. The second-order valence-corrected chi connectivity index (χ2v) is 8.22. The van der Waals surface area contributed by atoms with Gasteiger partial charge in [-0.3, -0.25) is 4.79 Å². The fourth-order valence-corrected chi connectivity index (χ4v) is 3.05. The van der Waals surface area contributed by atoms with Gasteiger partial charge in [0.2, 0.25) is 5.78 Å². The average molecular weight is 460 g/mol. The predicted molar refractivity (Wildman–Crippen MR) is 108 cm³/mol. The smallest absolute Gasteiger partial charge is 0.410 e. The summed E-state index contributed by atoms with van der Waals surface area (Å²) >= 11 is 5.91. The van der Waals surface area contributed by atoms with Crippen LogP contribution < -0.4 is 4.74 Å². The van der Waals surface area contributed by atoms with Crippen molar-refractivity contribution in [3.63, 3.8) is 0 Å². The molecule has 1 atom stereocenters. The van der Waals surface area contributed by atoms with Gasteiger partial charge in [0.15, 0.2) is 17.4 Å². The normalized spacial score (nSPS) is 16.1. The highest BCUT2D eigenvalue weighted by Crippen LogP contribution is 2.35. The Kier molecular flexibility index (Phi) is 7.64. The third-order valence-electron chi connectivity index (χ3n) is 4.24. The summed E-state index contributed by atoms with van der Waals surface area (Å²) in [5.74, 6) is -5.14. The molecule has 0 N–H and O–H groups in total. The molecule has 1 heterocycles. The molecular weight excluding hydrogens is 436 g/mol. The number of Topliss-reactive ketones (excluding diaryl/α,β-unsaturated/α-hetero) is 1. The Bertz CT molecular complexity index is 912. The maximum atomic E-state index is 14.7. The Balaban J connectivity index is 2.17. The SMILES string of the molecule is C=C(C(=O)OCC)C(=O)c1cc(F)c(OC2CCN(C(=O)OC(C)(C)C)C2)c(Cl)c1F. The summed E-state index contributed by atoms with van der Waals surface area (Å²) in [4.78, 5) is 37.5. The number of ether oxygens (including phenoxy) is 3. The van der Waals surface area contributed by atoms with Crippen molar-refractivity contribution in [1.82, 2.24) is 4.90 Å². The van der Waals surface area contributed by atoms with Crippen LogP contribution in [-0.4, -0.2) is 54.1 Å². The molecule has 1 fully saturated rings. The van der Waals surface area contributed by atoms with Crippen LogP contribution >= 0.6 is 11.6 Å². The number of benzene rings is 1. The van der Waals surface area contributed by atoms with Gasteiger partial charge in [0, 0.05) is 13.0 Å². The molecule has 31 heavy (non-hydrogen) atoms. The fraction of sp³-hybridized carbons (Fsp3) is 0.476. The van der Waals surface area contributed by atoms with Gasteiger partial charge in [0.1, 0.15) is 22.3 Å². The molecule has 1 amide bonds. The number of hydrogen-bond acceptors (Lipinski definition) is 6. The molecule has 0 spiro atoms. The van der Waals surface area contributed by atoms with Crippen molar-refractivity contribution in [3.8, 4) is 5.75 Å². The fourth-order valence-electron chi connectivity index (χ4n) is 2.81. The van der Waals surface area contributed by atoms with E-state index in [2.05, 4.69) is 11.3 Å². The second kappa shape index (κ2) is 9.64. The van der Waals surface area contributed by atoms with E-state index in [0.717, 1.165) is 0 Å². The van der Waals surface area contributed by atoms with Gasteiger partial charge in [-0.15, -0.1) is 0 Å². The summed E-state index contributed by atoms with van der Waals surface area (Å²) in [5.41, 5.74) is -2.10. The number of rotatable bonds is 6.